The van der Waals surface area contributed by atoms with Gasteiger partial charge in [-0.3, -0.25) is 4.79 Å². The molecule has 2 aliphatic rings. The van der Waals surface area contributed by atoms with Gasteiger partial charge in [0, 0.05) is 6.42 Å². The Morgan fingerprint density at radius 3 is 1.76 bits per heavy atom. The van der Waals surface area contributed by atoms with E-state index in [1.54, 1.807) is 6.08 Å². The van der Waals surface area contributed by atoms with Crippen LogP contribution in [0.4, 0.5) is 57.1 Å². The van der Waals surface area contributed by atoms with Crippen LogP contribution >= 0.6 is 0 Å². The van der Waals surface area contributed by atoms with Crippen LogP contribution in [-0.4, -0.2) is 48.4 Å². The van der Waals surface area contributed by atoms with Crippen molar-refractivity contribution in [3.63, 3.8) is 0 Å². The number of rotatable bonds is 10. The normalized spacial score (nSPS) is 24.5. The summed E-state index contributed by atoms with van der Waals surface area (Å²) in [5.41, 5.74) is 0. The van der Waals surface area contributed by atoms with Crippen molar-refractivity contribution < 1.29 is 66.6 Å². The van der Waals surface area contributed by atoms with Crippen LogP contribution in [0.15, 0.2) is 12.2 Å². The van der Waals surface area contributed by atoms with E-state index < -0.39 is 73.5 Å². The maximum absolute atomic E-state index is 13.8. The Balaban J connectivity index is 1.99. The highest BCUT2D eigenvalue weighted by atomic mass is 19.4. The lowest BCUT2D eigenvalue weighted by atomic mass is 9.93. The molecule has 1 fully saturated rings. The minimum Gasteiger partial charge on any atom is -0.465 e. The minimum absolute atomic E-state index is 0.0845. The summed E-state index contributed by atoms with van der Waals surface area (Å²) in [6.07, 6.45) is -11.4. The monoisotopic (exact) mass is 512 g/mol. The van der Waals surface area contributed by atoms with Gasteiger partial charge in [-0.15, -0.1) is 0 Å². The third-order valence-corrected chi connectivity index (χ3v) is 5.55. The second-order valence-corrected chi connectivity index (χ2v) is 8.20. The van der Waals surface area contributed by atoms with Crippen molar-refractivity contribution in [1.29, 1.82) is 0 Å². The summed E-state index contributed by atoms with van der Waals surface area (Å²) in [7, 11) is 0. The highest BCUT2D eigenvalue weighted by Gasteiger charge is 2.76. The van der Waals surface area contributed by atoms with Crippen LogP contribution in [-0.2, 0) is 9.53 Å². The molecular formula is C18H17F13O2. The Bertz CT molecular complexity index is 757. The average Bonchev–Trinajstić information content (AvgIpc) is 3.21. The van der Waals surface area contributed by atoms with Crippen LogP contribution in [0, 0.1) is 17.8 Å². The van der Waals surface area contributed by atoms with Gasteiger partial charge in [0.1, 0.15) is 0 Å². The lowest BCUT2D eigenvalue weighted by Gasteiger charge is -2.36. The van der Waals surface area contributed by atoms with Gasteiger partial charge in [0.2, 0.25) is 0 Å². The third-order valence-electron chi connectivity index (χ3n) is 5.55. The Kier molecular flexibility index (Phi) is 7.10. The molecule has 1 saturated carbocycles. The van der Waals surface area contributed by atoms with Gasteiger partial charge >= 0.3 is 35.8 Å². The molecule has 192 valence electrons. The van der Waals surface area contributed by atoms with E-state index in [1.807, 2.05) is 6.08 Å². The summed E-state index contributed by atoms with van der Waals surface area (Å²) in [4.78, 5) is 11.9. The zero-order valence-electron chi connectivity index (χ0n) is 16.4. The SMILES string of the molecule is O=C(OCCC(F)(F)CC(F)(F)C(F)(F)C(F)(F)CC(F)(F)C(F)(F)F)C1CC2C=CC1C2. The Morgan fingerprint density at radius 2 is 1.30 bits per heavy atom. The second kappa shape index (κ2) is 8.51. The van der Waals surface area contributed by atoms with Crippen LogP contribution < -0.4 is 0 Å². The fourth-order valence-corrected chi connectivity index (χ4v) is 3.74. The van der Waals surface area contributed by atoms with E-state index >= 15 is 0 Å². The van der Waals surface area contributed by atoms with Crippen molar-refractivity contribution in [3.8, 4) is 0 Å². The number of carbonyl (C=O) groups is 1. The molecule has 0 aliphatic heterocycles. The number of hydrogen-bond acceptors (Lipinski definition) is 2. The summed E-state index contributed by atoms with van der Waals surface area (Å²) >= 11 is 0. The maximum atomic E-state index is 13.8. The first-order valence-electron chi connectivity index (χ1n) is 9.43. The van der Waals surface area contributed by atoms with E-state index in [0.717, 1.165) is 0 Å². The highest BCUT2D eigenvalue weighted by molar-refractivity contribution is 5.74. The van der Waals surface area contributed by atoms with Crippen LogP contribution in [0.25, 0.3) is 0 Å². The lowest BCUT2D eigenvalue weighted by Crippen LogP contribution is -2.58. The number of ether oxygens (including phenoxy) is 1. The molecule has 0 radical (unpaired) electrons. The number of halogens is 13. The lowest BCUT2D eigenvalue weighted by molar-refractivity contribution is -0.357. The molecule has 0 heterocycles. The van der Waals surface area contributed by atoms with Gasteiger partial charge in [-0.05, 0) is 24.7 Å². The molecule has 0 saturated heterocycles. The molecule has 2 nitrogen and oxygen atoms in total. The molecule has 0 aromatic carbocycles. The van der Waals surface area contributed by atoms with Crippen LogP contribution in [0.5, 0.6) is 0 Å². The van der Waals surface area contributed by atoms with Crippen molar-refractivity contribution in [3.05, 3.63) is 12.2 Å². The maximum Gasteiger partial charge on any atom is 0.453 e. The number of fused-ring (bicyclic) bond motifs is 2. The first-order valence-corrected chi connectivity index (χ1v) is 9.43. The summed E-state index contributed by atoms with van der Waals surface area (Å²) in [6, 6.07) is 0. The van der Waals surface area contributed by atoms with E-state index in [9.17, 15) is 61.9 Å². The van der Waals surface area contributed by atoms with Crippen LogP contribution in [0.3, 0.4) is 0 Å². The zero-order valence-corrected chi connectivity index (χ0v) is 16.4. The molecule has 0 N–H and O–H groups in total. The van der Waals surface area contributed by atoms with E-state index in [2.05, 4.69) is 4.74 Å². The Morgan fingerprint density at radius 1 is 0.758 bits per heavy atom. The summed E-state index contributed by atoms with van der Waals surface area (Å²) in [5, 5.41) is 0. The van der Waals surface area contributed by atoms with Crippen molar-refractivity contribution in [2.24, 2.45) is 17.8 Å². The summed E-state index contributed by atoms with van der Waals surface area (Å²) in [5.74, 6) is -33.2. The van der Waals surface area contributed by atoms with Crippen LogP contribution in [0.2, 0.25) is 0 Å². The Hall–Kier alpha value is -1.70. The van der Waals surface area contributed by atoms with E-state index in [0.29, 0.717) is 12.8 Å². The molecule has 0 amide bonds. The predicted molar refractivity (Wildman–Crippen MR) is 84.4 cm³/mol. The number of alkyl halides is 13. The van der Waals surface area contributed by atoms with Gasteiger partial charge in [-0.25, -0.2) is 8.78 Å². The fourth-order valence-electron chi connectivity index (χ4n) is 3.74. The van der Waals surface area contributed by atoms with Gasteiger partial charge in [0.05, 0.1) is 25.4 Å². The molecule has 2 rings (SSSR count). The first kappa shape index (κ1) is 27.5. The fraction of sp³-hybridized carbons (Fsp3) is 0.833. The number of hydrogen-bond donors (Lipinski definition) is 0. The standard InChI is InChI=1S/C18H17F13O2/c19-13(20,3-4-33-12(32)11-6-9-1-2-10(11)5-9)7-14(21,22)17(27,28)15(23,24)8-16(25,26)18(29,30)31/h1-2,9-11H,3-8H2. The van der Waals surface area contributed by atoms with Crippen LogP contribution in [0.1, 0.15) is 32.1 Å². The van der Waals surface area contributed by atoms with Crippen molar-refractivity contribution in [2.45, 2.75) is 67.9 Å². The van der Waals surface area contributed by atoms with Gasteiger partial charge < -0.3 is 4.74 Å². The molecule has 15 heteroatoms. The van der Waals surface area contributed by atoms with Gasteiger partial charge in [0.25, 0.3) is 5.92 Å². The molecule has 3 atom stereocenters. The van der Waals surface area contributed by atoms with E-state index in [-0.39, 0.29) is 11.8 Å². The molecule has 33 heavy (non-hydrogen) atoms. The molecule has 3 unspecified atom stereocenters. The number of esters is 1. The molecule has 0 spiro atoms. The minimum atomic E-state index is -6.98. The molecule has 0 aromatic rings. The number of allylic oxidation sites excluding steroid dienone is 2. The largest absolute Gasteiger partial charge is 0.465 e. The molecule has 2 aliphatic carbocycles. The Labute approximate surface area is 178 Å². The predicted octanol–water partition coefficient (Wildman–Crippen LogP) is 6.65. The smallest absolute Gasteiger partial charge is 0.453 e. The van der Waals surface area contributed by atoms with E-state index in [1.165, 1.54) is 0 Å². The quantitative estimate of drug-likeness (QED) is 0.186. The number of carbonyl (C=O) groups excluding carboxylic acids is 1. The van der Waals surface area contributed by atoms with Gasteiger partial charge in [-0.1, -0.05) is 12.2 Å². The van der Waals surface area contributed by atoms with Gasteiger partial charge in [-0.2, -0.15) is 48.3 Å². The zero-order chi connectivity index (χ0) is 25.7. The molecule has 2 bridgehead atoms. The topological polar surface area (TPSA) is 26.3 Å². The van der Waals surface area contributed by atoms with E-state index in [4.69, 9.17) is 0 Å². The summed E-state index contributed by atoms with van der Waals surface area (Å²) < 4.78 is 175. The van der Waals surface area contributed by atoms with Gasteiger partial charge in [0.15, 0.2) is 0 Å². The first-order chi connectivity index (χ1) is 14.6. The van der Waals surface area contributed by atoms with Crippen molar-refractivity contribution in [2.75, 3.05) is 6.61 Å². The average molecular weight is 512 g/mol. The van der Waals surface area contributed by atoms with Crippen molar-refractivity contribution in [1.82, 2.24) is 0 Å². The van der Waals surface area contributed by atoms with Crippen molar-refractivity contribution >= 4 is 5.97 Å². The highest BCUT2D eigenvalue weighted by Crippen LogP contribution is 2.55. The second-order valence-electron chi connectivity index (χ2n) is 8.20. The molecule has 0 aromatic heterocycles. The third kappa shape index (κ3) is 5.69. The summed E-state index contributed by atoms with van der Waals surface area (Å²) in [6.45, 7) is -1.24. The molecular weight excluding hydrogens is 495 g/mol.